The number of amides is 1. The quantitative estimate of drug-likeness (QED) is 0.770. The fourth-order valence-electron chi connectivity index (χ4n) is 2.36. The van der Waals surface area contributed by atoms with Gasteiger partial charge >= 0.3 is 0 Å². The van der Waals surface area contributed by atoms with Crippen LogP contribution in [0.2, 0.25) is 0 Å². The number of nitrogens with two attached hydrogens (primary N) is 1. The smallest absolute Gasteiger partial charge is 0.239 e. The van der Waals surface area contributed by atoms with E-state index in [0.717, 1.165) is 17.9 Å². The molecule has 6 nitrogen and oxygen atoms in total. The van der Waals surface area contributed by atoms with Gasteiger partial charge < -0.3 is 20.5 Å². The van der Waals surface area contributed by atoms with Gasteiger partial charge in [-0.05, 0) is 17.7 Å². The van der Waals surface area contributed by atoms with Crippen molar-refractivity contribution in [1.82, 2.24) is 10.2 Å². The Balaban J connectivity index is 1.84. The van der Waals surface area contributed by atoms with E-state index in [1.807, 2.05) is 24.3 Å². The summed E-state index contributed by atoms with van der Waals surface area (Å²) in [6.45, 7) is 3.54. The molecule has 116 valence electrons. The van der Waals surface area contributed by atoms with Gasteiger partial charge in [-0.3, -0.25) is 9.69 Å². The molecule has 1 atom stereocenters. The summed E-state index contributed by atoms with van der Waals surface area (Å²) >= 11 is 0. The summed E-state index contributed by atoms with van der Waals surface area (Å²) in [7, 11) is 1.64. The van der Waals surface area contributed by atoms with Gasteiger partial charge in [0, 0.05) is 26.7 Å². The van der Waals surface area contributed by atoms with Crippen LogP contribution in [0.15, 0.2) is 24.3 Å². The van der Waals surface area contributed by atoms with E-state index in [1.165, 1.54) is 0 Å². The highest BCUT2D eigenvalue weighted by Crippen LogP contribution is 2.13. The first-order chi connectivity index (χ1) is 10.2. The summed E-state index contributed by atoms with van der Waals surface area (Å²) in [6, 6.07) is 7.52. The van der Waals surface area contributed by atoms with Gasteiger partial charge in [0.2, 0.25) is 5.91 Å². The first-order valence-corrected chi connectivity index (χ1v) is 7.20. The maximum atomic E-state index is 11.8. The Morgan fingerprint density at radius 1 is 1.57 bits per heavy atom. The van der Waals surface area contributed by atoms with Crippen LogP contribution in [0.1, 0.15) is 5.56 Å². The molecule has 1 aromatic rings. The van der Waals surface area contributed by atoms with Crippen LogP contribution in [0.5, 0.6) is 5.75 Å². The topological polar surface area (TPSA) is 76.8 Å². The van der Waals surface area contributed by atoms with Crippen LogP contribution >= 0.6 is 0 Å². The molecule has 0 spiro atoms. The predicted octanol–water partition coefficient (Wildman–Crippen LogP) is -0.0291. The summed E-state index contributed by atoms with van der Waals surface area (Å²) < 4.78 is 11.1. The van der Waals surface area contributed by atoms with Crippen LogP contribution in [0.3, 0.4) is 0 Å². The van der Waals surface area contributed by atoms with E-state index in [9.17, 15) is 4.79 Å². The third kappa shape index (κ3) is 4.42. The number of nitrogens with zero attached hydrogens (tertiary/aromatic N) is 1. The molecule has 0 saturated carbocycles. The van der Waals surface area contributed by atoms with Gasteiger partial charge in [0.05, 0.1) is 13.2 Å². The maximum Gasteiger partial charge on any atom is 0.239 e. The molecule has 0 bridgehead atoms. The van der Waals surface area contributed by atoms with E-state index in [4.69, 9.17) is 15.2 Å². The number of hydrogen-bond acceptors (Lipinski definition) is 5. The van der Waals surface area contributed by atoms with Crippen LogP contribution in [0.25, 0.3) is 0 Å². The average Bonchev–Trinajstić information content (AvgIpc) is 2.55. The second-order valence-corrected chi connectivity index (χ2v) is 4.94. The number of rotatable bonds is 6. The number of morpholine rings is 1. The molecule has 1 fully saturated rings. The summed E-state index contributed by atoms with van der Waals surface area (Å²) in [4.78, 5) is 13.9. The lowest BCUT2D eigenvalue weighted by atomic mass is 10.2. The van der Waals surface area contributed by atoms with Crippen molar-refractivity contribution in [3.63, 3.8) is 0 Å². The van der Waals surface area contributed by atoms with Gasteiger partial charge in [-0.1, -0.05) is 12.1 Å². The largest absolute Gasteiger partial charge is 0.492 e. The van der Waals surface area contributed by atoms with Gasteiger partial charge in [0.25, 0.3) is 0 Å². The minimum atomic E-state index is -0.234. The van der Waals surface area contributed by atoms with Gasteiger partial charge in [0.1, 0.15) is 18.4 Å². The molecule has 2 rings (SSSR count). The minimum Gasteiger partial charge on any atom is -0.492 e. The summed E-state index contributed by atoms with van der Waals surface area (Å²) in [5.74, 6) is 0.794. The number of hydrogen-bond donors (Lipinski definition) is 2. The van der Waals surface area contributed by atoms with Gasteiger partial charge in [-0.15, -0.1) is 0 Å². The average molecular weight is 293 g/mol. The molecule has 1 heterocycles. The fraction of sp³-hybridized carbons (Fsp3) is 0.533. The van der Waals surface area contributed by atoms with E-state index in [0.29, 0.717) is 32.9 Å². The van der Waals surface area contributed by atoms with E-state index >= 15 is 0 Å². The molecular formula is C15H23N3O3. The highest BCUT2D eigenvalue weighted by molar-refractivity contribution is 5.81. The third-order valence-corrected chi connectivity index (χ3v) is 3.57. The molecule has 1 aliphatic heterocycles. The Morgan fingerprint density at radius 3 is 3.19 bits per heavy atom. The highest BCUT2D eigenvalue weighted by atomic mass is 16.5. The fourth-order valence-corrected chi connectivity index (χ4v) is 2.36. The predicted molar refractivity (Wildman–Crippen MR) is 80.1 cm³/mol. The molecule has 0 aromatic heterocycles. The zero-order valence-corrected chi connectivity index (χ0v) is 12.4. The van der Waals surface area contributed by atoms with E-state index in [1.54, 1.807) is 7.05 Å². The molecule has 21 heavy (non-hydrogen) atoms. The molecule has 1 aromatic carbocycles. The Morgan fingerprint density at radius 2 is 2.43 bits per heavy atom. The zero-order chi connectivity index (χ0) is 15.1. The van der Waals surface area contributed by atoms with E-state index in [2.05, 4.69) is 10.2 Å². The molecule has 0 radical (unpaired) electrons. The SMILES string of the molecule is CNC(=O)C1COCCN1CCOc1cccc(CN)c1. The Bertz CT molecular complexity index is 467. The number of nitrogens with one attached hydrogen (secondary N) is 1. The number of carbonyl (C=O) groups is 1. The first kappa shape index (κ1) is 15.8. The van der Waals surface area contributed by atoms with Crippen LogP contribution in [0.4, 0.5) is 0 Å². The Labute approximate surface area is 125 Å². The standard InChI is InChI=1S/C15H23N3O3/c1-17-15(19)14-11-20-7-5-18(14)6-8-21-13-4-2-3-12(9-13)10-16/h2-4,9,14H,5-8,10-11,16H2,1H3,(H,17,19). The van der Waals surface area contributed by atoms with Crippen molar-refractivity contribution in [2.75, 3.05) is 40.0 Å². The molecular weight excluding hydrogens is 270 g/mol. The zero-order valence-electron chi connectivity index (χ0n) is 12.4. The summed E-state index contributed by atoms with van der Waals surface area (Å²) in [5.41, 5.74) is 6.65. The Hall–Kier alpha value is -1.63. The van der Waals surface area contributed by atoms with Crippen molar-refractivity contribution < 1.29 is 14.3 Å². The van der Waals surface area contributed by atoms with Gasteiger partial charge in [0.15, 0.2) is 0 Å². The van der Waals surface area contributed by atoms with Crippen LogP contribution < -0.4 is 15.8 Å². The molecule has 1 saturated heterocycles. The van der Waals surface area contributed by atoms with Crippen molar-refractivity contribution in [1.29, 1.82) is 0 Å². The van der Waals surface area contributed by atoms with Crippen molar-refractivity contribution in [2.24, 2.45) is 5.73 Å². The lowest BCUT2D eigenvalue weighted by Gasteiger charge is -2.34. The molecule has 1 unspecified atom stereocenters. The second-order valence-electron chi connectivity index (χ2n) is 4.94. The molecule has 1 amide bonds. The summed E-state index contributed by atoms with van der Waals surface area (Å²) in [6.07, 6.45) is 0. The van der Waals surface area contributed by atoms with Crippen molar-refractivity contribution in [3.8, 4) is 5.75 Å². The number of ether oxygens (including phenoxy) is 2. The molecule has 0 aliphatic carbocycles. The highest BCUT2D eigenvalue weighted by Gasteiger charge is 2.28. The normalized spacial score (nSPS) is 19.2. The van der Waals surface area contributed by atoms with Gasteiger partial charge in [-0.2, -0.15) is 0 Å². The third-order valence-electron chi connectivity index (χ3n) is 3.57. The van der Waals surface area contributed by atoms with Gasteiger partial charge in [-0.25, -0.2) is 0 Å². The van der Waals surface area contributed by atoms with Crippen LogP contribution in [-0.4, -0.2) is 56.8 Å². The monoisotopic (exact) mass is 293 g/mol. The molecule has 3 N–H and O–H groups in total. The summed E-state index contributed by atoms with van der Waals surface area (Å²) in [5, 5.41) is 2.67. The van der Waals surface area contributed by atoms with Crippen molar-refractivity contribution in [3.05, 3.63) is 29.8 Å². The van der Waals surface area contributed by atoms with Crippen LogP contribution in [0, 0.1) is 0 Å². The maximum absolute atomic E-state index is 11.8. The minimum absolute atomic E-state index is 0.0140. The van der Waals surface area contributed by atoms with Crippen LogP contribution in [-0.2, 0) is 16.1 Å². The molecule has 6 heteroatoms. The Kier molecular flexibility index (Phi) is 5.98. The van der Waals surface area contributed by atoms with Crippen molar-refractivity contribution >= 4 is 5.91 Å². The lowest BCUT2D eigenvalue weighted by molar-refractivity contribution is -0.132. The number of benzene rings is 1. The number of carbonyl (C=O) groups excluding carboxylic acids is 1. The number of likely N-dealkylation sites (N-methyl/N-ethyl adjacent to an activating group) is 1. The van der Waals surface area contributed by atoms with E-state index in [-0.39, 0.29) is 11.9 Å². The molecule has 1 aliphatic rings. The second kappa shape index (κ2) is 7.97. The van der Waals surface area contributed by atoms with Crippen molar-refractivity contribution in [2.45, 2.75) is 12.6 Å². The van der Waals surface area contributed by atoms with E-state index < -0.39 is 0 Å². The lowest BCUT2D eigenvalue weighted by Crippen LogP contribution is -2.54. The first-order valence-electron chi connectivity index (χ1n) is 7.20.